The van der Waals surface area contributed by atoms with Crippen LogP contribution in [0, 0.1) is 11.3 Å². The quantitative estimate of drug-likeness (QED) is 0.946. The fraction of sp³-hybridized carbons (Fsp3) is 0.0714. The van der Waals surface area contributed by atoms with Crippen molar-refractivity contribution in [3.8, 4) is 6.07 Å². The number of nitrogens with one attached hydrogen (secondary N) is 1. The molecule has 0 fully saturated rings. The molecule has 4 nitrogen and oxygen atoms in total. The van der Waals surface area contributed by atoms with Gasteiger partial charge in [0.15, 0.2) is 0 Å². The molecule has 5 heteroatoms. The van der Waals surface area contributed by atoms with Gasteiger partial charge in [0.05, 0.1) is 11.1 Å². The largest absolute Gasteiger partial charge is 0.348 e. The molecule has 1 aromatic carbocycles. The second-order valence-corrected chi connectivity index (χ2v) is 4.76. The number of amides is 1. The van der Waals surface area contributed by atoms with Crippen LogP contribution in [0.4, 0.5) is 0 Å². The SMILES string of the molecule is N#Cc1ccncc1C(=O)NCc1cccc(Br)c1. The molecule has 1 N–H and O–H groups in total. The fourth-order valence-corrected chi connectivity index (χ4v) is 2.04. The number of nitriles is 1. The number of hydrogen-bond donors (Lipinski definition) is 1. The van der Waals surface area contributed by atoms with E-state index in [4.69, 9.17) is 5.26 Å². The highest BCUT2D eigenvalue weighted by molar-refractivity contribution is 9.10. The molecule has 0 aliphatic heterocycles. The van der Waals surface area contributed by atoms with Gasteiger partial charge in [0.25, 0.3) is 5.91 Å². The summed E-state index contributed by atoms with van der Waals surface area (Å²) in [5.41, 5.74) is 1.59. The minimum Gasteiger partial charge on any atom is -0.348 e. The zero-order chi connectivity index (χ0) is 13.7. The molecule has 0 radical (unpaired) electrons. The lowest BCUT2D eigenvalue weighted by molar-refractivity contribution is 0.0950. The van der Waals surface area contributed by atoms with Gasteiger partial charge < -0.3 is 5.32 Å². The third-order valence-corrected chi connectivity index (χ3v) is 3.02. The lowest BCUT2D eigenvalue weighted by Crippen LogP contribution is -2.23. The molecule has 0 saturated heterocycles. The molecule has 0 bridgehead atoms. The number of aromatic nitrogens is 1. The normalized spacial score (nSPS) is 9.68. The van der Waals surface area contributed by atoms with Crippen molar-refractivity contribution in [3.63, 3.8) is 0 Å². The van der Waals surface area contributed by atoms with Gasteiger partial charge in [-0.25, -0.2) is 0 Å². The Kier molecular flexibility index (Phi) is 4.26. The van der Waals surface area contributed by atoms with Crippen LogP contribution >= 0.6 is 15.9 Å². The van der Waals surface area contributed by atoms with Crippen LogP contribution in [-0.2, 0) is 6.54 Å². The van der Waals surface area contributed by atoms with Gasteiger partial charge in [-0.15, -0.1) is 0 Å². The number of halogens is 1. The Balaban J connectivity index is 2.08. The Labute approximate surface area is 119 Å². The summed E-state index contributed by atoms with van der Waals surface area (Å²) >= 11 is 3.37. The van der Waals surface area contributed by atoms with Crippen molar-refractivity contribution in [1.82, 2.24) is 10.3 Å². The fourth-order valence-electron chi connectivity index (χ4n) is 1.60. The van der Waals surface area contributed by atoms with Gasteiger partial charge in [-0.1, -0.05) is 28.1 Å². The predicted octanol–water partition coefficient (Wildman–Crippen LogP) is 2.65. The van der Waals surface area contributed by atoms with Gasteiger partial charge in [0.1, 0.15) is 6.07 Å². The van der Waals surface area contributed by atoms with Crippen LogP contribution in [0.25, 0.3) is 0 Å². The molecule has 94 valence electrons. The molecule has 19 heavy (non-hydrogen) atoms. The van der Waals surface area contributed by atoms with Gasteiger partial charge in [0.2, 0.25) is 0 Å². The molecule has 1 heterocycles. The molecule has 1 aromatic heterocycles. The summed E-state index contributed by atoms with van der Waals surface area (Å²) in [4.78, 5) is 15.8. The van der Waals surface area contributed by atoms with Crippen molar-refractivity contribution in [3.05, 3.63) is 63.9 Å². The molecule has 2 rings (SSSR count). The van der Waals surface area contributed by atoms with Crippen molar-refractivity contribution in [2.24, 2.45) is 0 Å². The molecule has 1 amide bonds. The molecule has 2 aromatic rings. The summed E-state index contributed by atoms with van der Waals surface area (Å²) in [6.45, 7) is 0.401. The Morgan fingerprint density at radius 3 is 3.00 bits per heavy atom. The summed E-state index contributed by atoms with van der Waals surface area (Å²) < 4.78 is 0.957. The van der Waals surface area contributed by atoms with E-state index in [-0.39, 0.29) is 5.91 Å². The van der Waals surface area contributed by atoms with E-state index in [2.05, 4.69) is 26.2 Å². The summed E-state index contributed by atoms with van der Waals surface area (Å²) in [6.07, 6.45) is 2.89. The maximum Gasteiger partial charge on any atom is 0.254 e. The lowest BCUT2D eigenvalue weighted by atomic mass is 10.1. The maximum atomic E-state index is 12.0. The zero-order valence-electron chi connectivity index (χ0n) is 9.93. The summed E-state index contributed by atoms with van der Waals surface area (Å²) in [7, 11) is 0. The molecular weight excluding hydrogens is 306 g/mol. The minimum absolute atomic E-state index is 0.292. The predicted molar refractivity (Wildman–Crippen MR) is 74.3 cm³/mol. The maximum absolute atomic E-state index is 12.0. The lowest BCUT2D eigenvalue weighted by Gasteiger charge is -2.06. The van der Waals surface area contributed by atoms with E-state index >= 15 is 0 Å². The van der Waals surface area contributed by atoms with Crippen molar-refractivity contribution >= 4 is 21.8 Å². The van der Waals surface area contributed by atoms with Crippen molar-refractivity contribution in [1.29, 1.82) is 5.26 Å². The van der Waals surface area contributed by atoms with E-state index in [1.807, 2.05) is 30.3 Å². The first-order valence-corrected chi connectivity index (χ1v) is 6.37. The van der Waals surface area contributed by atoms with Gasteiger partial charge in [-0.2, -0.15) is 5.26 Å². The van der Waals surface area contributed by atoms with Gasteiger partial charge >= 0.3 is 0 Å². The smallest absolute Gasteiger partial charge is 0.254 e. The minimum atomic E-state index is -0.301. The Bertz CT molecular complexity index is 649. The molecule has 0 aliphatic carbocycles. The van der Waals surface area contributed by atoms with Crippen molar-refractivity contribution in [2.45, 2.75) is 6.54 Å². The van der Waals surface area contributed by atoms with Gasteiger partial charge in [-0.05, 0) is 23.8 Å². The number of benzene rings is 1. The van der Waals surface area contributed by atoms with Gasteiger partial charge in [0, 0.05) is 23.4 Å². The Morgan fingerprint density at radius 1 is 1.42 bits per heavy atom. The van der Waals surface area contributed by atoms with Crippen molar-refractivity contribution < 1.29 is 4.79 Å². The number of rotatable bonds is 3. The first-order chi connectivity index (χ1) is 9.20. The van der Waals surface area contributed by atoms with Crippen LogP contribution < -0.4 is 5.32 Å². The van der Waals surface area contributed by atoms with E-state index in [1.165, 1.54) is 18.5 Å². The molecule has 0 saturated carbocycles. The second-order valence-electron chi connectivity index (χ2n) is 3.85. The third-order valence-electron chi connectivity index (χ3n) is 2.53. The summed E-state index contributed by atoms with van der Waals surface area (Å²) in [5.74, 6) is -0.301. The molecule has 0 spiro atoms. The number of hydrogen-bond acceptors (Lipinski definition) is 3. The van der Waals surface area contributed by atoms with Crippen molar-refractivity contribution in [2.75, 3.05) is 0 Å². The van der Waals surface area contributed by atoms with Crippen LogP contribution in [0.3, 0.4) is 0 Å². The highest BCUT2D eigenvalue weighted by Gasteiger charge is 2.10. The van der Waals surface area contributed by atoms with Crippen LogP contribution in [0.2, 0.25) is 0 Å². The average molecular weight is 316 g/mol. The van der Waals surface area contributed by atoms with E-state index in [9.17, 15) is 4.79 Å². The number of carbonyl (C=O) groups excluding carboxylic acids is 1. The first kappa shape index (κ1) is 13.2. The molecular formula is C14H10BrN3O. The topological polar surface area (TPSA) is 65.8 Å². The van der Waals surface area contributed by atoms with Crippen LogP contribution in [0.5, 0.6) is 0 Å². The highest BCUT2D eigenvalue weighted by Crippen LogP contribution is 2.12. The zero-order valence-corrected chi connectivity index (χ0v) is 11.5. The van der Waals surface area contributed by atoms with E-state index in [0.717, 1.165) is 10.0 Å². The van der Waals surface area contributed by atoms with Crippen LogP contribution in [-0.4, -0.2) is 10.9 Å². The highest BCUT2D eigenvalue weighted by atomic mass is 79.9. The number of nitrogens with zero attached hydrogens (tertiary/aromatic N) is 2. The van der Waals surface area contributed by atoms with E-state index in [1.54, 1.807) is 0 Å². The monoisotopic (exact) mass is 315 g/mol. The van der Waals surface area contributed by atoms with Crippen LogP contribution in [0.15, 0.2) is 47.2 Å². The first-order valence-electron chi connectivity index (χ1n) is 5.57. The average Bonchev–Trinajstić information content (AvgIpc) is 2.45. The molecule has 0 unspecified atom stereocenters. The standard InChI is InChI=1S/C14H10BrN3O/c15-12-3-1-2-10(6-12)8-18-14(19)13-9-17-5-4-11(13)7-16/h1-6,9H,8H2,(H,18,19). The summed E-state index contributed by atoms with van der Waals surface area (Å²) in [6, 6.07) is 11.2. The number of pyridine rings is 1. The number of carbonyl (C=O) groups is 1. The molecule has 0 atom stereocenters. The van der Waals surface area contributed by atoms with Crippen LogP contribution in [0.1, 0.15) is 21.5 Å². The Hall–Kier alpha value is -2.19. The third kappa shape index (κ3) is 3.39. The summed E-state index contributed by atoms with van der Waals surface area (Å²) in [5, 5.41) is 11.7. The van der Waals surface area contributed by atoms with E-state index in [0.29, 0.717) is 17.7 Å². The van der Waals surface area contributed by atoms with Gasteiger partial charge in [-0.3, -0.25) is 9.78 Å². The Morgan fingerprint density at radius 2 is 2.26 bits per heavy atom. The second kappa shape index (κ2) is 6.12. The van der Waals surface area contributed by atoms with E-state index < -0.39 is 0 Å². The molecule has 0 aliphatic rings.